The molecule has 0 aromatic heterocycles. The zero-order chi connectivity index (χ0) is 24.1. The molecular formula is C23H26F2N4O4. The van der Waals surface area contributed by atoms with E-state index in [9.17, 15) is 23.2 Å². The van der Waals surface area contributed by atoms with Gasteiger partial charge in [-0.3, -0.25) is 19.3 Å². The molecule has 0 fully saturated rings. The van der Waals surface area contributed by atoms with Gasteiger partial charge in [-0.05, 0) is 45.2 Å². The zero-order valence-electron chi connectivity index (χ0n) is 18.5. The van der Waals surface area contributed by atoms with Crippen molar-refractivity contribution in [3.8, 4) is 5.75 Å². The Morgan fingerprint density at radius 1 is 1.21 bits per heavy atom. The molecule has 1 aliphatic heterocycles. The highest BCUT2D eigenvalue weighted by Crippen LogP contribution is 2.31. The molecule has 0 spiro atoms. The predicted molar refractivity (Wildman–Crippen MR) is 120 cm³/mol. The molecular weight excluding hydrogens is 434 g/mol. The molecule has 0 bridgehead atoms. The number of benzene rings is 2. The van der Waals surface area contributed by atoms with Gasteiger partial charge in [-0.1, -0.05) is 24.3 Å². The van der Waals surface area contributed by atoms with Crippen LogP contribution < -0.4 is 20.3 Å². The molecule has 33 heavy (non-hydrogen) atoms. The zero-order valence-corrected chi connectivity index (χ0v) is 18.5. The number of nitrogens with zero attached hydrogens (tertiary/aromatic N) is 2. The Morgan fingerprint density at radius 3 is 2.61 bits per heavy atom. The minimum Gasteiger partial charge on any atom is -0.433 e. The van der Waals surface area contributed by atoms with Crippen molar-refractivity contribution in [2.24, 2.45) is 0 Å². The van der Waals surface area contributed by atoms with Gasteiger partial charge in [0.05, 0.1) is 29.6 Å². The number of halogens is 2. The summed E-state index contributed by atoms with van der Waals surface area (Å²) in [6, 6.07) is 11.8. The molecule has 176 valence electrons. The van der Waals surface area contributed by atoms with Crippen molar-refractivity contribution in [1.29, 1.82) is 0 Å². The van der Waals surface area contributed by atoms with Crippen molar-refractivity contribution in [2.45, 2.75) is 39.0 Å². The standard InChI is InChI=1S/C23H26F2N4O4/c1-14-12-20(30)26-16-8-4-6-10-18(16)29(14)21(31)13-28(3)15(2)22(32)27-17-9-5-7-11-19(17)33-23(24)25/h4-11,14-15,23H,12-13H2,1-3H3,(H,26,30)(H,27,32)/t14-,15-/m1/s1. The second-order valence-electron chi connectivity index (χ2n) is 7.84. The van der Waals surface area contributed by atoms with E-state index >= 15 is 0 Å². The fourth-order valence-corrected chi connectivity index (χ4v) is 3.60. The van der Waals surface area contributed by atoms with Gasteiger partial charge in [0.1, 0.15) is 5.75 Å². The summed E-state index contributed by atoms with van der Waals surface area (Å²) in [4.78, 5) is 41.2. The van der Waals surface area contributed by atoms with Crippen LogP contribution in [0.4, 0.5) is 25.8 Å². The van der Waals surface area contributed by atoms with E-state index in [-0.39, 0.29) is 42.3 Å². The van der Waals surface area contributed by atoms with Crippen LogP contribution in [0.2, 0.25) is 0 Å². The molecule has 1 heterocycles. The monoisotopic (exact) mass is 460 g/mol. The number of carbonyl (C=O) groups is 3. The first-order valence-electron chi connectivity index (χ1n) is 10.4. The Hall–Kier alpha value is -3.53. The first-order valence-corrected chi connectivity index (χ1v) is 10.4. The Labute approximate surface area is 190 Å². The minimum absolute atomic E-state index is 0.101. The third-order valence-corrected chi connectivity index (χ3v) is 5.41. The Morgan fingerprint density at radius 2 is 1.88 bits per heavy atom. The number of anilines is 3. The van der Waals surface area contributed by atoms with Crippen molar-refractivity contribution < 1.29 is 27.9 Å². The van der Waals surface area contributed by atoms with E-state index in [0.29, 0.717) is 11.4 Å². The van der Waals surface area contributed by atoms with E-state index in [1.165, 1.54) is 18.2 Å². The summed E-state index contributed by atoms with van der Waals surface area (Å²) in [5.74, 6) is -1.11. The van der Waals surface area contributed by atoms with Crippen LogP contribution in [-0.4, -0.2) is 54.9 Å². The number of ether oxygens (including phenoxy) is 1. The molecule has 0 saturated carbocycles. The van der Waals surface area contributed by atoms with Crippen molar-refractivity contribution in [3.05, 3.63) is 48.5 Å². The maximum absolute atomic E-state index is 13.2. The van der Waals surface area contributed by atoms with Crippen LogP contribution in [0.15, 0.2) is 48.5 Å². The van der Waals surface area contributed by atoms with Gasteiger partial charge in [-0.2, -0.15) is 8.78 Å². The second kappa shape index (κ2) is 10.4. The molecule has 3 rings (SSSR count). The van der Waals surface area contributed by atoms with Crippen molar-refractivity contribution >= 4 is 34.8 Å². The summed E-state index contributed by atoms with van der Waals surface area (Å²) in [5.41, 5.74) is 1.24. The SMILES string of the molecule is C[C@H](C(=O)Nc1ccccc1OC(F)F)N(C)CC(=O)N1c2ccccc2NC(=O)C[C@H]1C. The fourth-order valence-electron chi connectivity index (χ4n) is 3.60. The van der Waals surface area contributed by atoms with Crippen LogP contribution in [-0.2, 0) is 14.4 Å². The number of fused-ring (bicyclic) bond motifs is 1. The molecule has 8 nitrogen and oxygen atoms in total. The average molecular weight is 460 g/mol. The number of likely N-dealkylation sites (N-methyl/N-ethyl adjacent to an activating group) is 1. The smallest absolute Gasteiger partial charge is 0.387 e. The average Bonchev–Trinajstić information content (AvgIpc) is 2.88. The first kappa shape index (κ1) is 24.1. The third kappa shape index (κ3) is 5.83. The summed E-state index contributed by atoms with van der Waals surface area (Å²) in [6.07, 6.45) is 0.140. The largest absolute Gasteiger partial charge is 0.433 e. The first-order chi connectivity index (χ1) is 15.7. The molecule has 3 amide bonds. The third-order valence-electron chi connectivity index (χ3n) is 5.41. The molecule has 10 heteroatoms. The minimum atomic E-state index is -3.03. The molecule has 0 unspecified atom stereocenters. The number of carbonyl (C=O) groups excluding carboxylic acids is 3. The summed E-state index contributed by atoms with van der Waals surface area (Å²) in [5, 5.41) is 5.37. The second-order valence-corrected chi connectivity index (χ2v) is 7.84. The summed E-state index contributed by atoms with van der Waals surface area (Å²) in [6.45, 7) is 0.261. The molecule has 2 atom stereocenters. The van der Waals surface area contributed by atoms with Crippen LogP contribution in [0.1, 0.15) is 20.3 Å². The number of para-hydroxylation sites is 4. The van der Waals surface area contributed by atoms with Crippen LogP contribution in [0.25, 0.3) is 0 Å². The topological polar surface area (TPSA) is 91.0 Å². The lowest BCUT2D eigenvalue weighted by molar-refractivity contribution is -0.123. The number of alkyl halides is 2. The van der Waals surface area contributed by atoms with E-state index < -0.39 is 18.6 Å². The Bertz CT molecular complexity index is 1030. The Balaban J connectivity index is 1.71. The lowest BCUT2D eigenvalue weighted by Gasteiger charge is -2.31. The van der Waals surface area contributed by atoms with Gasteiger partial charge in [0, 0.05) is 12.5 Å². The molecule has 0 saturated heterocycles. The number of amides is 3. The van der Waals surface area contributed by atoms with Gasteiger partial charge in [-0.15, -0.1) is 0 Å². The maximum Gasteiger partial charge on any atom is 0.387 e. The van der Waals surface area contributed by atoms with Crippen molar-refractivity contribution in [2.75, 3.05) is 29.1 Å². The van der Waals surface area contributed by atoms with Crippen molar-refractivity contribution in [1.82, 2.24) is 4.90 Å². The maximum atomic E-state index is 13.2. The number of hydrogen-bond acceptors (Lipinski definition) is 5. The molecule has 1 aliphatic rings. The van der Waals surface area contributed by atoms with Gasteiger partial charge in [0.2, 0.25) is 17.7 Å². The lowest BCUT2D eigenvalue weighted by Crippen LogP contribution is -2.48. The molecule has 2 aromatic rings. The lowest BCUT2D eigenvalue weighted by atomic mass is 10.1. The van der Waals surface area contributed by atoms with E-state index in [2.05, 4.69) is 15.4 Å². The van der Waals surface area contributed by atoms with Gasteiger partial charge in [-0.25, -0.2) is 0 Å². The molecule has 2 aromatic carbocycles. The van der Waals surface area contributed by atoms with E-state index in [1.807, 2.05) is 0 Å². The van der Waals surface area contributed by atoms with Crippen LogP contribution in [0, 0.1) is 0 Å². The summed E-state index contributed by atoms with van der Waals surface area (Å²) < 4.78 is 29.7. The van der Waals surface area contributed by atoms with Crippen molar-refractivity contribution in [3.63, 3.8) is 0 Å². The number of rotatable bonds is 7. The van der Waals surface area contributed by atoms with Gasteiger partial charge in [0.25, 0.3) is 0 Å². The van der Waals surface area contributed by atoms with E-state index in [0.717, 1.165) is 0 Å². The summed E-state index contributed by atoms with van der Waals surface area (Å²) in [7, 11) is 1.61. The highest BCUT2D eigenvalue weighted by atomic mass is 19.3. The quantitative estimate of drug-likeness (QED) is 0.662. The van der Waals surface area contributed by atoms with Gasteiger partial charge >= 0.3 is 6.61 Å². The van der Waals surface area contributed by atoms with Crippen LogP contribution in [0.3, 0.4) is 0 Å². The number of nitrogens with one attached hydrogen (secondary N) is 2. The van der Waals surface area contributed by atoms with Crippen LogP contribution >= 0.6 is 0 Å². The molecule has 2 N–H and O–H groups in total. The summed E-state index contributed by atoms with van der Waals surface area (Å²) >= 11 is 0. The predicted octanol–water partition coefficient (Wildman–Crippen LogP) is 3.31. The highest BCUT2D eigenvalue weighted by Gasteiger charge is 2.31. The fraction of sp³-hybridized carbons (Fsp3) is 0.348. The van der Waals surface area contributed by atoms with E-state index in [1.54, 1.807) is 61.0 Å². The Kier molecular flexibility index (Phi) is 7.59. The molecule has 0 aliphatic carbocycles. The van der Waals surface area contributed by atoms with E-state index in [4.69, 9.17) is 0 Å². The van der Waals surface area contributed by atoms with Gasteiger partial charge < -0.3 is 20.3 Å². The molecule has 0 radical (unpaired) electrons. The van der Waals surface area contributed by atoms with Crippen LogP contribution in [0.5, 0.6) is 5.75 Å². The van der Waals surface area contributed by atoms with Gasteiger partial charge in [0.15, 0.2) is 0 Å². The highest BCUT2D eigenvalue weighted by molar-refractivity contribution is 6.05. The normalized spacial score (nSPS) is 16.6. The number of hydrogen-bond donors (Lipinski definition) is 2.